The van der Waals surface area contributed by atoms with Gasteiger partial charge in [0, 0.05) is 19.0 Å². The van der Waals surface area contributed by atoms with Crippen LogP contribution >= 0.6 is 0 Å². The smallest absolute Gasteiger partial charge is 0.222 e. The molecule has 4 heteroatoms. The van der Waals surface area contributed by atoms with Gasteiger partial charge in [-0.3, -0.25) is 4.79 Å². The molecule has 1 saturated carbocycles. The average Bonchev–Trinajstić information content (AvgIpc) is 2.79. The zero-order chi connectivity index (χ0) is 14.7. The van der Waals surface area contributed by atoms with Crippen LogP contribution in [0.2, 0.25) is 0 Å². The van der Waals surface area contributed by atoms with E-state index in [0.29, 0.717) is 18.9 Å². The van der Waals surface area contributed by atoms with Crippen LogP contribution in [0.4, 0.5) is 0 Å². The second-order valence-electron chi connectivity index (χ2n) is 6.19. The minimum Gasteiger partial charge on any atom is -0.494 e. The molecule has 0 spiro atoms. The minimum absolute atomic E-state index is 0.215. The number of likely N-dealkylation sites (tertiary alicyclic amines) is 1. The lowest BCUT2D eigenvalue weighted by Crippen LogP contribution is -2.36. The fraction of sp³-hybridized carbons (Fsp3) is 0.588. The van der Waals surface area contributed by atoms with E-state index >= 15 is 0 Å². The van der Waals surface area contributed by atoms with Crippen molar-refractivity contribution in [2.24, 2.45) is 5.92 Å². The average molecular weight is 289 g/mol. The summed E-state index contributed by atoms with van der Waals surface area (Å²) >= 11 is 0. The molecular weight excluding hydrogens is 266 g/mol. The second kappa shape index (κ2) is 6.48. The molecule has 2 bridgehead atoms. The maximum absolute atomic E-state index is 12.3. The molecule has 4 nitrogen and oxygen atoms in total. The maximum Gasteiger partial charge on any atom is 0.222 e. The van der Waals surface area contributed by atoms with Gasteiger partial charge in [-0.25, -0.2) is 0 Å². The minimum atomic E-state index is -0.215. The number of ether oxygens (including phenoxy) is 1. The molecule has 1 N–H and O–H groups in total. The molecule has 3 rings (SSSR count). The third-order valence-electron chi connectivity index (χ3n) is 4.52. The predicted octanol–water partition coefficient (Wildman–Crippen LogP) is 2.22. The molecule has 2 fully saturated rings. The molecule has 1 amide bonds. The summed E-state index contributed by atoms with van der Waals surface area (Å²) in [7, 11) is 0. The van der Waals surface area contributed by atoms with Crippen LogP contribution in [-0.2, 0) is 4.79 Å². The number of hydrogen-bond donors (Lipinski definition) is 1. The molecule has 114 valence electrons. The molecule has 0 radical (unpaired) electrons. The van der Waals surface area contributed by atoms with Gasteiger partial charge in [-0.15, -0.1) is 0 Å². The molecule has 1 aromatic carbocycles. The Morgan fingerprint density at radius 2 is 2.05 bits per heavy atom. The summed E-state index contributed by atoms with van der Waals surface area (Å²) < 4.78 is 5.61. The third-order valence-corrected chi connectivity index (χ3v) is 4.52. The molecule has 3 atom stereocenters. The van der Waals surface area contributed by atoms with Crippen LogP contribution < -0.4 is 4.74 Å². The van der Waals surface area contributed by atoms with Crippen molar-refractivity contribution >= 4 is 5.91 Å². The summed E-state index contributed by atoms with van der Waals surface area (Å²) in [5, 5.41) is 9.77. The Morgan fingerprint density at radius 3 is 2.86 bits per heavy atom. The van der Waals surface area contributed by atoms with Gasteiger partial charge in [-0.1, -0.05) is 18.2 Å². The number of carbonyl (C=O) groups excluding carboxylic acids is 1. The van der Waals surface area contributed by atoms with Crippen LogP contribution in [-0.4, -0.2) is 41.2 Å². The quantitative estimate of drug-likeness (QED) is 0.846. The Labute approximate surface area is 125 Å². The molecule has 1 saturated heterocycles. The summed E-state index contributed by atoms with van der Waals surface area (Å²) in [6.07, 6.45) is 3.74. The summed E-state index contributed by atoms with van der Waals surface area (Å²) in [5.41, 5.74) is 0. The zero-order valence-electron chi connectivity index (χ0n) is 12.3. The predicted molar refractivity (Wildman–Crippen MR) is 80.0 cm³/mol. The van der Waals surface area contributed by atoms with E-state index in [-0.39, 0.29) is 18.1 Å². The number of para-hydroxylation sites is 1. The van der Waals surface area contributed by atoms with E-state index in [0.717, 1.165) is 38.0 Å². The van der Waals surface area contributed by atoms with Crippen molar-refractivity contribution in [3.05, 3.63) is 30.3 Å². The highest BCUT2D eigenvalue weighted by Crippen LogP contribution is 2.35. The first kappa shape index (κ1) is 14.4. The fourth-order valence-corrected chi connectivity index (χ4v) is 3.58. The first-order chi connectivity index (χ1) is 10.2. The van der Waals surface area contributed by atoms with Gasteiger partial charge in [-0.2, -0.15) is 0 Å². The van der Waals surface area contributed by atoms with Crippen molar-refractivity contribution in [1.29, 1.82) is 0 Å². The number of aliphatic hydroxyl groups is 1. The summed E-state index contributed by atoms with van der Waals surface area (Å²) in [5.74, 6) is 1.57. The first-order valence-corrected chi connectivity index (χ1v) is 7.88. The molecule has 2 aliphatic rings. The SMILES string of the molecule is O=C(CCCOc1ccccc1)N1CC2CC(O)CC1C2. The first-order valence-electron chi connectivity index (χ1n) is 7.88. The second-order valence-corrected chi connectivity index (χ2v) is 6.19. The summed E-state index contributed by atoms with van der Waals surface area (Å²) in [4.78, 5) is 14.3. The van der Waals surface area contributed by atoms with Gasteiger partial charge in [0.05, 0.1) is 12.7 Å². The topological polar surface area (TPSA) is 49.8 Å². The maximum atomic E-state index is 12.3. The standard InChI is InChI=1S/C17H23NO3/c19-15-10-13-9-14(11-15)18(12-13)17(20)7-4-8-21-16-5-2-1-3-6-16/h1-3,5-6,13-15,19H,4,7-12H2. The summed E-state index contributed by atoms with van der Waals surface area (Å²) in [6, 6.07) is 9.95. The molecule has 1 aliphatic carbocycles. The van der Waals surface area contributed by atoms with E-state index in [4.69, 9.17) is 4.74 Å². The Bertz CT molecular complexity index is 476. The molecule has 0 aromatic heterocycles. The van der Waals surface area contributed by atoms with Crippen molar-refractivity contribution in [1.82, 2.24) is 4.90 Å². The Kier molecular flexibility index (Phi) is 4.44. The zero-order valence-corrected chi connectivity index (χ0v) is 12.3. The number of rotatable bonds is 5. The molecule has 3 unspecified atom stereocenters. The number of aliphatic hydroxyl groups excluding tert-OH is 1. The fourth-order valence-electron chi connectivity index (χ4n) is 3.58. The van der Waals surface area contributed by atoms with Crippen LogP contribution in [0.1, 0.15) is 32.1 Å². The van der Waals surface area contributed by atoms with Gasteiger partial charge in [0.2, 0.25) is 5.91 Å². The van der Waals surface area contributed by atoms with E-state index in [1.165, 1.54) is 0 Å². The van der Waals surface area contributed by atoms with Crippen LogP contribution in [0.5, 0.6) is 5.75 Å². The van der Waals surface area contributed by atoms with Crippen LogP contribution in [0.25, 0.3) is 0 Å². The third kappa shape index (κ3) is 3.56. The van der Waals surface area contributed by atoms with E-state index in [9.17, 15) is 9.90 Å². The Balaban J connectivity index is 1.41. The summed E-state index contributed by atoms with van der Waals surface area (Å²) in [6.45, 7) is 1.40. The van der Waals surface area contributed by atoms with Gasteiger partial charge in [0.15, 0.2) is 0 Å². The molecule has 1 aromatic rings. The van der Waals surface area contributed by atoms with Gasteiger partial charge in [0.1, 0.15) is 5.75 Å². The van der Waals surface area contributed by atoms with Crippen molar-refractivity contribution in [3.63, 3.8) is 0 Å². The van der Waals surface area contributed by atoms with Gasteiger partial charge in [0.25, 0.3) is 0 Å². The molecule has 1 heterocycles. The van der Waals surface area contributed by atoms with Crippen LogP contribution in [0.15, 0.2) is 30.3 Å². The van der Waals surface area contributed by atoms with E-state index in [1.807, 2.05) is 35.2 Å². The number of benzene rings is 1. The number of nitrogens with zero attached hydrogens (tertiary/aromatic N) is 1. The highest BCUT2D eigenvalue weighted by molar-refractivity contribution is 5.77. The van der Waals surface area contributed by atoms with E-state index in [1.54, 1.807) is 0 Å². The van der Waals surface area contributed by atoms with E-state index < -0.39 is 0 Å². The van der Waals surface area contributed by atoms with Crippen LogP contribution in [0.3, 0.4) is 0 Å². The highest BCUT2D eigenvalue weighted by atomic mass is 16.5. The lowest BCUT2D eigenvalue weighted by Gasteiger charge is -2.27. The lowest BCUT2D eigenvalue weighted by molar-refractivity contribution is -0.132. The van der Waals surface area contributed by atoms with Crippen molar-refractivity contribution < 1.29 is 14.6 Å². The van der Waals surface area contributed by atoms with Gasteiger partial charge >= 0.3 is 0 Å². The number of hydrogen-bond acceptors (Lipinski definition) is 3. The van der Waals surface area contributed by atoms with Crippen LogP contribution in [0, 0.1) is 5.92 Å². The molecular formula is C17H23NO3. The van der Waals surface area contributed by atoms with E-state index in [2.05, 4.69) is 0 Å². The van der Waals surface area contributed by atoms with Gasteiger partial charge in [-0.05, 0) is 43.7 Å². The monoisotopic (exact) mass is 289 g/mol. The normalized spacial score (nSPS) is 27.7. The van der Waals surface area contributed by atoms with Gasteiger partial charge < -0.3 is 14.7 Å². The van der Waals surface area contributed by atoms with Crippen molar-refractivity contribution in [2.75, 3.05) is 13.2 Å². The largest absolute Gasteiger partial charge is 0.494 e. The number of carbonyl (C=O) groups is 1. The number of fused-ring (bicyclic) bond motifs is 2. The lowest BCUT2D eigenvalue weighted by atomic mass is 9.88. The Hall–Kier alpha value is -1.55. The highest BCUT2D eigenvalue weighted by Gasteiger charge is 2.40. The molecule has 21 heavy (non-hydrogen) atoms. The van der Waals surface area contributed by atoms with Crippen molar-refractivity contribution in [3.8, 4) is 5.75 Å². The van der Waals surface area contributed by atoms with Crippen molar-refractivity contribution in [2.45, 2.75) is 44.2 Å². The molecule has 1 aliphatic heterocycles. The number of amides is 1. The Morgan fingerprint density at radius 1 is 1.24 bits per heavy atom.